The number of hydrogen-bond donors (Lipinski definition) is 1. The molecule has 0 bridgehead atoms. The summed E-state index contributed by atoms with van der Waals surface area (Å²) in [5.74, 6) is 0.643. The van der Waals surface area contributed by atoms with Crippen LogP contribution in [0.2, 0.25) is 0 Å². The quantitative estimate of drug-likeness (QED) is 0.350. The molecule has 1 unspecified atom stereocenters. The molecule has 0 aromatic carbocycles. The molecule has 2 fully saturated rings. The lowest BCUT2D eigenvalue weighted by Gasteiger charge is -2.35. The van der Waals surface area contributed by atoms with Crippen LogP contribution in [0.25, 0.3) is 0 Å². The molecule has 0 aromatic heterocycles. The highest BCUT2D eigenvalue weighted by atomic mass is 127. The number of piperazine rings is 1. The van der Waals surface area contributed by atoms with Gasteiger partial charge in [-0.2, -0.15) is 0 Å². The number of likely N-dealkylation sites (N-methyl/N-ethyl adjacent to an activating group) is 2. The first-order valence-corrected chi connectivity index (χ1v) is 8.64. The molecule has 8 nitrogen and oxygen atoms in total. The number of halogens is 1. The van der Waals surface area contributed by atoms with E-state index in [-0.39, 0.29) is 48.4 Å². The Kier molecular flexibility index (Phi) is 9.47. The monoisotopic (exact) mass is 467 g/mol. The van der Waals surface area contributed by atoms with Crippen molar-refractivity contribution in [1.82, 2.24) is 20.0 Å². The van der Waals surface area contributed by atoms with Crippen LogP contribution in [-0.2, 0) is 14.3 Å². The Bertz CT molecular complexity index is 480. The van der Waals surface area contributed by atoms with Crippen LogP contribution in [0.1, 0.15) is 19.8 Å². The van der Waals surface area contributed by atoms with Gasteiger partial charge in [-0.05, 0) is 19.8 Å². The maximum atomic E-state index is 12.1. The van der Waals surface area contributed by atoms with Crippen molar-refractivity contribution in [3.8, 4) is 0 Å². The molecule has 9 heteroatoms. The lowest BCUT2D eigenvalue weighted by atomic mass is 10.2. The van der Waals surface area contributed by atoms with E-state index in [0.29, 0.717) is 32.1 Å². The van der Waals surface area contributed by atoms with Gasteiger partial charge in [0, 0.05) is 46.9 Å². The zero-order valence-corrected chi connectivity index (χ0v) is 17.7. The zero-order valence-electron chi connectivity index (χ0n) is 15.4. The highest BCUT2D eigenvalue weighted by molar-refractivity contribution is 14.0. The number of rotatable bonds is 5. The average molecular weight is 467 g/mol. The third-order valence-corrected chi connectivity index (χ3v) is 4.37. The number of guanidine groups is 1. The minimum atomic E-state index is -0.0649. The van der Waals surface area contributed by atoms with E-state index in [9.17, 15) is 9.59 Å². The van der Waals surface area contributed by atoms with Crippen molar-refractivity contribution in [3.05, 3.63) is 0 Å². The maximum Gasteiger partial charge on any atom is 0.243 e. The molecule has 0 spiro atoms. The van der Waals surface area contributed by atoms with Crippen LogP contribution in [0, 0.1) is 0 Å². The van der Waals surface area contributed by atoms with Crippen LogP contribution in [0.15, 0.2) is 4.99 Å². The van der Waals surface area contributed by atoms with Gasteiger partial charge in [0.1, 0.15) is 6.54 Å². The average Bonchev–Trinajstić information content (AvgIpc) is 3.08. The second-order valence-corrected chi connectivity index (χ2v) is 6.34. The standard InChI is InChI=1S/C16H29N5O3.HI/c1-4-20-7-8-21(12-15(20)23)16(18-11-14(22)19(2)3)17-10-13-6-5-9-24-13;/h13H,4-12H2,1-3H3,(H,17,18);1H. The Labute approximate surface area is 167 Å². The van der Waals surface area contributed by atoms with Gasteiger partial charge < -0.3 is 24.8 Å². The smallest absolute Gasteiger partial charge is 0.243 e. The van der Waals surface area contributed by atoms with Crippen molar-refractivity contribution in [1.29, 1.82) is 0 Å². The van der Waals surface area contributed by atoms with Crippen molar-refractivity contribution in [2.75, 3.05) is 60.0 Å². The first kappa shape index (κ1) is 21.9. The third-order valence-electron chi connectivity index (χ3n) is 4.37. The first-order valence-electron chi connectivity index (χ1n) is 8.64. The van der Waals surface area contributed by atoms with Crippen LogP contribution < -0.4 is 5.32 Å². The number of carbonyl (C=O) groups excluding carboxylic acids is 2. The molecule has 2 amide bonds. The van der Waals surface area contributed by atoms with Crippen molar-refractivity contribution in [2.24, 2.45) is 4.99 Å². The summed E-state index contributed by atoms with van der Waals surface area (Å²) in [6, 6.07) is 0. The molecule has 0 aliphatic carbocycles. The molecule has 2 rings (SSSR count). The molecule has 2 heterocycles. The molecule has 2 aliphatic heterocycles. The van der Waals surface area contributed by atoms with Gasteiger partial charge >= 0.3 is 0 Å². The van der Waals surface area contributed by atoms with Gasteiger partial charge in [-0.15, -0.1) is 24.0 Å². The molecule has 0 saturated carbocycles. The molecule has 2 saturated heterocycles. The van der Waals surface area contributed by atoms with E-state index in [1.54, 1.807) is 14.1 Å². The van der Waals surface area contributed by atoms with Gasteiger partial charge in [0.15, 0.2) is 5.96 Å². The molecule has 1 atom stereocenters. The Morgan fingerprint density at radius 3 is 2.72 bits per heavy atom. The van der Waals surface area contributed by atoms with Crippen molar-refractivity contribution >= 4 is 41.8 Å². The summed E-state index contributed by atoms with van der Waals surface area (Å²) >= 11 is 0. The topological polar surface area (TPSA) is 77.5 Å². The Morgan fingerprint density at radius 2 is 2.16 bits per heavy atom. The summed E-state index contributed by atoms with van der Waals surface area (Å²) in [6.45, 7) is 5.91. The highest BCUT2D eigenvalue weighted by Crippen LogP contribution is 2.11. The van der Waals surface area contributed by atoms with E-state index in [0.717, 1.165) is 26.0 Å². The lowest BCUT2D eigenvalue weighted by Crippen LogP contribution is -2.55. The van der Waals surface area contributed by atoms with Crippen molar-refractivity contribution in [3.63, 3.8) is 0 Å². The Hall–Kier alpha value is -1.10. The number of carbonyl (C=O) groups is 2. The van der Waals surface area contributed by atoms with E-state index in [4.69, 9.17) is 4.74 Å². The molecule has 0 aromatic rings. The fourth-order valence-electron chi connectivity index (χ4n) is 2.79. The van der Waals surface area contributed by atoms with E-state index in [1.165, 1.54) is 4.90 Å². The SMILES string of the molecule is CCN1CCN(C(=NCC(=O)N(C)C)NCC2CCCO2)CC1=O.I. The fraction of sp³-hybridized carbons (Fsp3) is 0.812. The Balaban J connectivity index is 0.00000312. The predicted octanol–water partition coefficient (Wildman–Crippen LogP) is -0.0187. The molecule has 25 heavy (non-hydrogen) atoms. The minimum absolute atomic E-state index is 0. The molecular weight excluding hydrogens is 437 g/mol. The van der Waals surface area contributed by atoms with Crippen molar-refractivity contribution < 1.29 is 14.3 Å². The number of aliphatic imine (C=N–C) groups is 1. The third kappa shape index (κ3) is 6.61. The summed E-state index contributed by atoms with van der Waals surface area (Å²) in [7, 11) is 3.42. The largest absolute Gasteiger partial charge is 0.376 e. The fourth-order valence-corrected chi connectivity index (χ4v) is 2.79. The van der Waals surface area contributed by atoms with Gasteiger partial charge in [-0.3, -0.25) is 9.59 Å². The van der Waals surface area contributed by atoms with E-state index in [2.05, 4.69) is 10.3 Å². The van der Waals surface area contributed by atoms with Gasteiger partial charge in [-0.1, -0.05) is 0 Å². The summed E-state index contributed by atoms with van der Waals surface area (Å²) in [5.41, 5.74) is 0. The number of ether oxygens (including phenoxy) is 1. The van der Waals surface area contributed by atoms with Gasteiger partial charge in [0.05, 0.1) is 12.6 Å². The van der Waals surface area contributed by atoms with Crippen LogP contribution in [0.3, 0.4) is 0 Å². The second-order valence-electron chi connectivity index (χ2n) is 6.34. The first-order chi connectivity index (χ1) is 11.5. The molecule has 0 radical (unpaired) electrons. The highest BCUT2D eigenvalue weighted by Gasteiger charge is 2.26. The number of nitrogens with one attached hydrogen (secondary N) is 1. The summed E-state index contributed by atoms with van der Waals surface area (Å²) in [6.07, 6.45) is 2.28. The normalized spacial score (nSPS) is 21.2. The molecule has 1 N–H and O–H groups in total. The van der Waals surface area contributed by atoms with Crippen LogP contribution in [0.4, 0.5) is 0 Å². The molecular formula is C16H30IN5O3. The van der Waals surface area contributed by atoms with Crippen LogP contribution >= 0.6 is 24.0 Å². The Morgan fingerprint density at radius 1 is 1.40 bits per heavy atom. The summed E-state index contributed by atoms with van der Waals surface area (Å²) in [4.78, 5) is 33.7. The zero-order chi connectivity index (χ0) is 17.5. The second kappa shape index (κ2) is 10.8. The molecule has 2 aliphatic rings. The van der Waals surface area contributed by atoms with Crippen molar-refractivity contribution in [2.45, 2.75) is 25.9 Å². The summed E-state index contributed by atoms with van der Waals surface area (Å²) < 4.78 is 5.62. The molecule has 144 valence electrons. The number of amides is 2. The van der Waals surface area contributed by atoms with E-state index < -0.39 is 0 Å². The minimum Gasteiger partial charge on any atom is -0.376 e. The van der Waals surface area contributed by atoms with Gasteiger partial charge in [-0.25, -0.2) is 4.99 Å². The van der Waals surface area contributed by atoms with E-state index in [1.807, 2.05) is 16.7 Å². The van der Waals surface area contributed by atoms with Gasteiger partial charge in [0.2, 0.25) is 11.8 Å². The predicted molar refractivity (Wildman–Crippen MR) is 107 cm³/mol. The number of hydrogen-bond acceptors (Lipinski definition) is 4. The van der Waals surface area contributed by atoms with E-state index >= 15 is 0 Å². The van der Waals surface area contributed by atoms with Gasteiger partial charge in [0.25, 0.3) is 0 Å². The van der Waals surface area contributed by atoms with Crippen LogP contribution in [0.5, 0.6) is 0 Å². The maximum absolute atomic E-state index is 12.1. The lowest BCUT2D eigenvalue weighted by molar-refractivity contribution is -0.134. The van der Waals surface area contributed by atoms with Crippen LogP contribution in [-0.4, -0.2) is 98.5 Å². The number of nitrogens with zero attached hydrogens (tertiary/aromatic N) is 4. The summed E-state index contributed by atoms with van der Waals surface area (Å²) in [5, 5.41) is 3.29.